The Morgan fingerprint density at radius 1 is 0.508 bits per heavy atom. The lowest BCUT2D eigenvalue weighted by atomic mass is 9.85. The van der Waals surface area contributed by atoms with Gasteiger partial charge in [-0.05, 0) is 129 Å². The molecule has 6 nitrogen and oxygen atoms in total. The summed E-state index contributed by atoms with van der Waals surface area (Å²) in [5.74, 6) is 1.49. The number of rotatable bonds is 12. The predicted octanol–water partition coefficient (Wildman–Crippen LogP) is 13.9. The Morgan fingerprint density at radius 2 is 1.02 bits per heavy atom. The lowest BCUT2D eigenvalue weighted by Gasteiger charge is -2.21. The van der Waals surface area contributed by atoms with E-state index in [4.69, 9.17) is 14.2 Å². The van der Waals surface area contributed by atoms with Crippen molar-refractivity contribution >= 4 is 38.0 Å². The number of halogens is 2. The summed E-state index contributed by atoms with van der Waals surface area (Å²) in [5, 5.41) is 10.0. The number of anilines is 1. The first kappa shape index (κ1) is 41.2. The van der Waals surface area contributed by atoms with Crippen LogP contribution in [0.2, 0.25) is 0 Å². The number of H-pyrrole nitrogens is 1. The summed E-state index contributed by atoms with van der Waals surface area (Å²) in [6.45, 7) is 5.65. The summed E-state index contributed by atoms with van der Waals surface area (Å²) >= 11 is 0. The molecule has 0 atom stereocenters. The Bertz CT molecular complexity index is 2980. The molecule has 2 heterocycles. The minimum atomic E-state index is -2.98. The minimum absolute atomic E-state index is 0.0666. The van der Waals surface area contributed by atoms with Crippen LogP contribution in [-0.4, -0.2) is 52.0 Å². The highest BCUT2D eigenvalue weighted by atomic mass is 19.3. The van der Waals surface area contributed by atoms with Gasteiger partial charge in [0.25, 0.3) is 0 Å². The lowest BCUT2D eigenvalue weighted by Crippen LogP contribution is -2.21. The molecule has 1 fully saturated rings. The van der Waals surface area contributed by atoms with Gasteiger partial charge >= 0.3 is 6.61 Å². The number of hydrogen-bond donors (Lipinski definition) is 2. The van der Waals surface area contributed by atoms with E-state index >= 15 is 0 Å². The number of nitrogens with one attached hydrogen (secondary N) is 2. The van der Waals surface area contributed by atoms with Gasteiger partial charge in [0.2, 0.25) is 0 Å². The molecule has 0 bridgehead atoms. The van der Waals surface area contributed by atoms with Crippen molar-refractivity contribution in [2.45, 2.75) is 20.5 Å². The predicted molar refractivity (Wildman–Crippen MR) is 257 cm³/mol. The molecule has 0 aliphatic carbocycles. The maximum atomic E-state index is 13.8. The zero-order chi connectivity index (χ0) is 43.5. The monoisotopic (exact) mass is 837 g/mol. The topological polar surface area (TPSA) is 68.7 Å². The van der Waals surface area contributed by atoms with Gasteiger partial charge in [-0.15, -0.1) is 0 Å². The van der Waals surface area contributed by atoms with Crippen molar-refractivity contribution in [3.8, 4) is 73.1 Å². The molecule has 0 spiro atoms. The molecule has 316 valence electrons. The molecule has 0 radical (unpaired) electrons. The number of methoxy groups -OCH3 is 2. The molecule has 0 unspecified atom stereocenters. The average molecular weight is 838 g/mol. The second-order valence-electron chi connectivity index (χ2n) is 15.5. The van der Waals surface area contributed by atoms with Gasteiger partial charge in [0, 0.05) is 48.6 Å². The van der Waals surface area contributed by atoms with Gasteiger partial charge in [-0.3, -0.25) is 0 Å². The van der Waals surface area contributed by atoms with Crippen molar-refractivity contribution in [2.24, 2.45) is 0 Å². The molecule has 10 rings (SSSR count). The van der Waals surface area contributed by atoms with E-state index in [1.54, 1.807) is 26.4 Å². The van der Waals surface area contributed by atoms with Crippen LogP contribution in [0.15, 0.2) is 158 Å². The van der Waals surface area contributed by atoms with Crippen LogP contribution >= 0.6 is 0 Å². The molecule has 1 aromatic heterocycles. The van der Waals surface area contributed by atoms with Crippen LogP contribution in [0, 0.1) is 0 Å². The largest absolute Gasteiger partial charge is 0.497 e. The van der Waals surface area contributed by atoms with E-state index in [1.165, 1.54) is 29.2 Å². The van der Waals surface area contributed by atoms with Gasteiger partial charge in [0.1, 0.15) is 17.2 Å². The fraction of sp³-hybridized carbons (Fsp3) is 0.164. The number of fused-ring (bicyclic) bond motifs is 6. The maximum absolute atomic E-state index is 13.8. The summed E-state index contributed by atoms with van der Waals surface area (Å²) in [4.78, 5) is 6.30. The van der Waals surface area contributed by atoms with Crippen molar-refractivity contribution in [3.63, 3.8) is 0 Å². The zero-order valence-corrected chi connectivity index (χ0v) is 35.8. The van der Waals surface area contributed by atoms with E-state index in [0.717, 1.165) is 96.6 Å². The highest BCUT2D eigenvalue weighted by Crippen LogP contribution is 2.52. The zero-order valence-electron chi connectivity index (χ0n) is 35.8. The van der Waals surface area contributed by atoms with Crippen LogP contribution in [0.5, 0.6) is 17.2 Å². The molecule has 0 amide bonds. The standard InChI is InChI=1S/C53H44F2N2O3.C2H5N/c1-5-57(6-2)36-24-18-35(19-25-36)51-50(46-17-11-16-44-42-13-8-7-12-40(42)41-14-9-10-15-43(41)49(44)46)48(34-22-28-38(59-4)29-23-34)52(56-51)45-31-30-39(60-53(54)55)32-47(45)33-20-26-37(58-3)27-21-33;1-2-3-1/h7-32,53,56H,5-6H2,1-4H3;3H,1-2H2. The Balaban J connectivity index is 0.00000161. The Morgan fingerprint density at radius 3 is 1.56 bits per heavy atom. The molecular formula is C55H49F2N3O3. The number of benzene rings is 8. The van der Waals surface area contributed by atoms with Crippen LogP contribution in [0.3, 0.4) is 0 Å². The number of aromatic amines is 1. The second-order valence-corrected chi connectivity index (χ2v) is 15.5. The number of aromatic nitrogens is 1. The van der Waals surface area contributed by atoms with Crippen LogP contribution < -0.4 is 24.4 Å². The molecule has 2 N–H and O–H groups in total. The van der Waals surface area contributed by atoms with E-state index in [-0.39, 0.29) is 5.75 Å². The summed E-state index contributed by atoms with van der Waals surface area (Å²) in [6, 6.07) is 53.5. The van der Waals surface area contributed by atoms with Crippen molar-refractivity contribution in [2.75, 3.05) is 45.3 Å². The van der Waals surface area contributed by atoms with Gasteiger partial charge in [-0.25, -0.2) is 0 Å². The molecule has 63 heavy (non-hydrogen) atoms. The summed E-state index contributed by atoms with van der Waals surface area (Å²) in [7, 11) is 3.28. The number of alkyl halides is 2. The van der Waals surface area contributed by atoms with Gasteiger partial charge in [-0.2, -0.15) is 8.78 Å². The van der Waals surface area contributed by atoms with E-state index in [9.17, 15) is 8.78 Å². The van der Waals surface area contributed by atoms with Crippen LogP contribution in [-0.2, 0) is 0 Å². The fourth-order valence-electron chi connectivity index (χ4n) is 8.75. The van der Waals surface area contributed by atoms with Gasteiger partial charge < -0.3 is 29.4 Å². The highest BCUT2D eigenvalue weighted by molar-refractivity contribution is 6.29. The Hall–Kier alpha value is -7.16. The molecular weight excluding hydrogens is 789 g/mol. The van der Waals surface area contributed by atoms with Gasteiger partial charge in [0.05, 0.1) is 25.6 Å². The Labute approximate surface area is 366 Å². The van der Waals surface area contributed by atoms with Crippen molar-refractivity contribution in [3.05, 3.63) is 158 Å². The quantitative estimate of drug-likeness (QED) is 0.0947. The van der Waals surface area contributed by atoms with Gasteiger partial charge in [0.15, 0.2) is 0 Å². The van der Waals surface area contributed by atoms with E-state index in [0.29, 0.717) is 5.75 Å². The lowest BCUT2D eigenvalue weighted by molar-refractivity contribution is -0.0498. The first-order chi connectivity index (χ1) is 30.9. The molecule has 0 saturated carbocycles. The van der Waals surface area contributed by atoms with E-state index in [1.807, 2.05) is 42.5 Å². The van der Waals surface area contributed by atoms with Crippen molar-refractivity contribution < 1.29 is 23.0 Å². The minimum Gasteiger partial charge on any atom is -0.497 e. The first-order valence-corrected chi connectivity index (χ1v) is 21.4. The third kappa shape index (κ3) is 8.18. The van der Waals surface area contributed by atoms with Crippen molar-refractivity contribution in [1.82, 2.24) is 10.3 Å². The summed E-state index contributed by atoms with van der Waals surface area (Å²) in [5.41, 5.74) is 10.3. The normalized spacial score (nSPS) is 12.0. The average Bonchev–Trinajstić information content (AvgIpc) is 4.18. The fourth-order valence-corrected chi connectivity index (χ4v) is 8.75. The molecule has 9 aromatic rings. The summed E-state index contributed by atoms with van der Waals surface area (Å²) < 4.78 is 43.7. The van der Waals surface area contributed by atoms with E-state index in [2.05, 4.69) is 132 Å². The third-order valence-electron chi connectivity index (χ3n) is 11.8. The summed E-state index contributed by atoms with van der Waals surface area (Å²) in [6.07, 6.45) is 0. The smallest absolute Gasteiger partial charge is 0.387 e. The third-order valence-corrected chi connectivity index (χ3v) is 11.8. The van der Waals surface area contributed by atoms with Crippen molar-refractivity contribution in [1.29, 1.82) is 0 Å². The van der Waals surface area contributed by atoms with Crippen LogP contribution in [0.4, 0.5) is 14.5 Å². The molecule has 1 aliphatic rings. The van der Waals surface area contributed by atoms with Crippen LogP contribution in [0.1, 0.15) is 13.8 Å². The second kappa shape index (κ2) is 18.1. The molecule has 8 heteroatoms. The first-order valence-electron chi connectivity index (χ1n) is 21.4. The molecule has 1 aliphatic heterocycles. The highest BCUT2D eigenvalue weighted by Gasteiger charge is 2.27. The molecule has 8 aromatic carbocycles. The SMILES string of the molecule is C1CN1.CCN(CC)c1ccc(-c2[nH]c(-c3ccc(OC(F)F)cc3-c3ccc(OC)cc3)c(-c3ccc(OC)cc3)c2-c2cccc3c4ccccc4c4ccccc4c23)cc1. The van der Waals surface area contributed by atoms with Gasteiger partial charge in [-0.1, -0.05) is 103 Å². The molecule has 1 saturated heterocycles. The Kier molecular flexibility index (Phi) is 11.8. The van der Waals surface area contributed by atoms with Crippen LogP contribution in [0.25, 0.3) is 88.2 Å². The maximum Gasteiger partial charge on any atom is 0.387 e. The number of nitrogens with zero attached hydrogens (tertiary/aromatic N) is 1. The number of hydrogen-bond acceptors (Lipinski definition) is 5. The number of ether oxygens (including phenoxy) is 3. The van der Waals surface area contributed by atoms with E-state index < -0.39 is 6.61 Å².